The fourth-order valence-electron chi connectivity index (χ4n) is 2.14. The highest BCUT2D eigenvalue weighted by Crippen LogP contribution is 2.35. The zero-order valence-corrected chi connectivity index (χ0v) is 13.9. The van der Waals surface area contributed by atoms with Crippen LogP contribution in [0, 0.1) is 13.8 Å². The second-order valence-corrected chi connectivity index (χ2v) is 5.68. The van der Waals surface area contributed by atoms with Crippen LogP contribution in [-0.4, -0.2) is 32.0 Å². The van der Waals surface area contributed by atoms with Crippen molar-refractivity contribution in [3.05, 3.63) is 34.4 Å². The zero-order valence-electron chi connectivity index (χ0n) is 13.2. The molecule has 0 aliphatic heterocycles. The maximum Gasteiger partial charge on any atom is 0.436 e. The van der Waals surface area contributed by atoms with E-state index in [-0.39, 0.29) is 12.2 Å². The summed E-state index contributed by atoms with van der Waals surface area (Å²) >= 11 is 5.64. The Morgan fingerprint density at radius 1 is 1.33 bits per heavy atom. The van der Waals surface area contributed by atoms with E-state index >= 15 is 0 Å². The van der Waals surface area contributed by atoms with E-state index in [1.165, 1.54) is 6.92 Å². The molecule has 132 valence electrons. The molecule has 0 atom stereocenters. The van der Waals surface area contributed by atoms with Crippen LogP contribution >= 0.6 is 11.6 Å². The predicted octanol–water partition coefficient (Wildman–Crippen LogP) is 2.58. The van der Waals surface area contributed by atoms with Crippen LogP contribution in [0.15, 0.2) is 12.3 Å². The Morgan fingerprint density at radius 2 is 2.04 bits per heavy atom. The first kappa shape index (κ1) is 18.3. The number of alkyl halides is 3. The van der Waals surface area contributed by atoms with E-state index < -0.39 is 22.8 Å². The molecule has 0 saturated carbocycles. The Morgan fingerprint density at radius 3 is 2.58 bits per heavy atom. The van der Waals surface area contributed by atoms with Crippen LogP contribution in [0.3, 0.4) is 0 Å². The van der Waals surface area contributed by atoms with Crippen LogP contribution < -0.4 is 5.32 Å². The molecule has 2 heterocycles. The SMILES string of the molecule is Cc1ccnn1CCCNC(=O)Cn1nc(C(F)(F)F)c(Cl)c1C. The third kappa shape index (κ3) is 4.28. The lowest BCUT2D eigenvalue weighted by Gasteiger charge is -2.08. The number of carbonyl (C=O) groups is 1. The summed E-state index contributed by atoms with van der Waals surface area (Å²) in [5, 5.41) is 9.66. The molecule has 0 unspecified atom stereocenters. The lowest BCUT2D eigenvalue weighted by Crippen LogP contribution is -2.30. The van der Waals surface area contributed by atoms with Crippen LogP contribution in [-0.2, 0) is 24.1 Å². The van der Waals surface area contributed by atoms with E-state index in [9.17, 15) is 18.0 Å². The van der Waals surface area contributed by atoms with Crippen molar-refractivity contribution in [2.24, 2.45) is 0 Å². The van der Waals surface area contributed by atoms with Gasteiger partial charge in [0.05, 0.1) is 10.7 Å². The topological polar surface area (TPSA) is 64.7 Å². The molecular formula is C14H17ClF3N5O. The highest BCUT2D eigenvalue weighted by atomic mass is 35.5. The van der Waals surface area contributed by atoms with Gasteiger partial charge in [0.1, 0.15) is 6.54 Å². The molecule has 2 rings (SSSR count). The van der Waals surface area contributed by atoms with Gasteiger partial charge in [-0.2, -0.15) is 23.4 Å². The van der Waals surface area contributed by atoms with Gasteiger partial charge in [0.15, 0.2) is 5.69 Å². The third-order valence-electron chi connectivity index (χ3n) is 3.49. The number of amides is 1. The number of nitrogens with zero attached hydrogens (tertiary/aromatic N) is 4. The molecule has 1 N–H and O–H groups in total. The Kier molecular flexibility index (Phi) is 5.53. The lowest BCUT2D eigenvalue weighted by molar-refractivity contribution is -0.141. The second kappa shape index (κ2) is 7.25. The summed E-state index contributed by atoms with van der Waals surface area (Å²) in [5.74, 6) is -0.428. The summed E-state index contributed by atoms with van der Waals surface area (Å²) in [5.41, 5.74) is -0.0576. The number of aromatic nitrogens is 4. The number of rotatable bonds is 6. The minimum absolute atomic E-state index is 0.103. The summed E-state index contributed by atoms with van der Waals surface area (Å²) in [6, 6.07) is 1.88. The molecule has 0 bridgehead atoms. The largest absolute Gasteiger partial charge is 0.436 e. The monoisotopic (exact) mass is 363 g/mol. The maximum absolute atomic E-state index is 12.7. The molecule has 0 saturated heterocycles. The minimum atomic E-state index is -4.65. The number of hydrogen-bond acceptors (Lipinski definition) is 3. The molecule has 0 aliphatic carbocycles. The number of halogens is 4. The molecule has 2 aromatic rings. The molecule has 0 aliphatic rings. The Labute approximate surface area is 141 Å². The van der Waals surface area contributed by atoms with Gasteiger partial charge in [0, 0.05) is 25.0 Å². The second-order valence-electron chi connectivity index (χ2n) is 5.30. The zero-order chi connectivity index (χ0) is 17.9. The van der Waals surface area contributed by atoms with E-state index in [4.69, 9.17) is 11.6 Å². The lowest BCUT2D eigenvalue weighted by atomic mass is 10.3. The van der Waals surface area contributed by atoms with Gasteiger partial charge in [-0.15, -0.1) is 0 Å². The van der Waals surface area contributed by atoms with Crippen LogP contribution in [0.25, 0.3) is 0 Å². The highest BCUT2D eigenvalue weighted by Gasteiger charge is 2.38. The van der Waals surface area contributed by atoms with Crippen molar-refractivity contribution in [3.63, 3.8) is 0 Å². The molecule has 0 fully saturated rings. The molecular weight excluding hydrogens is 347 g/mol. The van der Waals surface area contributed by atoms with Crippen molar-refractivity contribution in [3.8, 4) is 0 Å². The van der Waals surface area contributed by atoms with Gasteiger partial charge in [-0.05, 0) is 26.3 Å². The van der Waals surface area contributed by atoms with E-state index in [1.54, 1.807) is 10.9 Å². The summed E-state index contributed by atoms with van der Waals surface area (Å²) in [4.78, 5) is 11.8. The standard InChI is InChI=1S/C14H17ClF3N5O/c1-9-4-6-20-22(9)7-3-5-19-11(24)8-23-10(2)12(15)13(21-23)14(16,17)18/h4,6H,3,5,7-8H2,1-2H3,(H,19,24). The van der Waals surface area contributed by atoms with Gasteiger partial charge in [-0.25, -0.2) is 0 Å². The Hall–Kier alpha value is -2.03. The molecule has 1 amide bonds. The van der Waals surface area contributed by atoms with Gasteiger partial charge < -0.3 is 5.32 Å². The summed E-state index contributed by atoms with van der Waals surface area (Å²) in [6.07, 6.45) is -2.30. The minimum Gasteiger partial charge on any atom is -0.354 e. The van der Waals surface area contributed by atoms with Gasteiger partial charge in [0.2, 0.25) is 5.91 Å². The van der Waals surface area contributed by atoms with Crippen molar-refractivity contribution in [1.82, 2.24) is 24.9 Å². The van der Waals surface area contributed by atoms with Crippen LogP contribution in [0.1, 0.15) is 23.5 Å². The Bertz CT molecular complexity index is 723. The number of aryl methyl sites for hydroxylation is 2. The fourth-order valence-corrected chi connectivity index (χ4v) is 2.38. The average molecular weight is 364 g/mol. The smallest absolute Gasteiger partial charge is 0.354 e. The summed E-state index contributed by atoms with van der Waals surface area (Å²) < 4.78 is 40.9. The summed E-state index contributed by atoms with van der Waals surface area (Å²) in [6.45, 7) is 4.02. The van der Waals surface area contributed by atoms with E-state index in [0.29, 0.717) is 19.5 Å². The molecule has 24 heavy (non-hydrogen) atoms. The number of nitrogens with one attached hydrogen (secondary N) is 1. The van der Waals surface area contributed by atoms with E-state index in [0.717, 1.165) is 10.4 Å². The fraction of sp³-hybridized carbons (Fsp3) is 0.500. The maximum atomic E-state index is 12.7. The Balaban J connectivity index is 1.85. The molecule has 6 nitrogen and oxygen atoms in total. The first-order valence-corrected chi connectivity index (χ1v) is 7.63. The first-order chi connectivity index (χ1) is 11.2. The number of hydrogen-bond donors (Lipinski definition) is 1. The van der Waals surface area contributed by atoms with Crippen LogP contribution in [0.4, 0.5) is 13.2 Å². The third-order valence-corrected chi connectivity index (χ3v) is 3.95. The predicted molar refractivity (Wildman–Crippen MR) is 81.6 cm³/mol. The molecule has 0 aromatic carbocycles. The van der Waals surface area contributed by atoms with E-state index in [2.05, 4.69) is 15.5 Å². The number of carbonyl (C=O) groups excluding carboxylic acids is 1. The van der Waals surface area contributed by atoms with Crippen molar-refractivity contribution >= 4 is 17.5 Å². The van der Waals surface area contributed by atoms with Gasteiger partial charge in [0.25, 0.3) is 0 Å². The molecule has 0 radical (unpaired) electrons. The quantitative estimate of drug-likeness (QED) is 0.802. The van der Waals surface area contributed by atoms with Crippen LogP contribution in [0.2, 0.25) is 5.02 Å². The van der Waals surface area contributed by atoms with Crippen molar-refractivity contribution in [1.29, 1.82) is 0 Å². The van der Waals surface area contributed by atoms with E-state index in [1.807, 2.05) is 13.0 Å². The molecule has 0 spiro atoms. The van der Waals surface area contributed by atoms with Crippen molar-refractivity contribution in [2.75, 3.05) is 6.54 Å². The van der Waals surface area contributed by atoms with Crippen molar-refractivity contribution < 1.29 is 18.0 Å². The van der Waals surface area contributed by atoms with Gasteiger partial charge >= 0.3 is 6.18 Å². The van der Waals surface area contributed by atoms with Gasteiger partial charge in [-0.3, -0.25) is 14.2 Å². The van der Waals surface area contributed by atoms with Crippen molar-refractivity contribution in [2.45, 2.75) is 39.5 Å². The average Bonchev–Trinajstić information content (AvgIpc) is 3.01. The normalized spacial score (nSPS) is 11.8. The summed E-state index contributed by atoms with van der Waals surface area (Å²) in [7, 11) is 0. The first-order valence-electron chi connectivity index (χ1n) is 7.25. The van der Waals surface area contributed by atoms with Gasteiger partial charge in [-0.1, -0.05) is 11.6 Å². The highest BCUT2D eigenvalue weighted by molar-refractivity contribution is 6.32. The molecule has 10 heteroatoms. The van der Waals surface area contributed by atoms with Crippen LogP contribution in [0.5, 0.6) is 0 Å². The molecule has 2 aromatic heterocycles.